The van der Waals surface area contributed by atoms with Crippen molar-refractivity contribution in [2.24, 2.45) is 0 Å². The summed E-state index contributed by atoms with van der Waals surface area (Å²) in [5, 5.41) is 15.5. The van der Waals surface area contributed by atoms with Crippen LogP contribution >= 0.6 is 0 Å². The highest BCUT2D eigenvalue weighted by molar-refractivity contribution is 5.82. The molecule has 0 spiro atoms. The van der Waals surface area contributed by atoms with Crippen molar-refractivity contribution in [2.45, 2.75) is 31.3 Å². The first-order valence-corrected chi connectivity index (χ1v) is 6.51. The Kier molecular flexibility index (Phi) is 4.73. The lowest BCUT2D eigenvalue weighted by Gasteiger charge is -2.25. The predicted octanol–water partition coefficient (Wildman–Crippen LogP) is 0.978. The standard InChI is InChI=1S/C14H20N2O2/c17-10-13(11-6-2-1-3-7-11)16-14(18)12-8-4-5-9-15-12/h1-3,6-7,12-13,15,17H,4-5,8-10H2,(H,16,18)/t12?,13-/m0/s1. The number of hydrogen-bond donors (Lipinski definition) is 3. The summed E-state index contributed by atoms with van der Waals surface area (Å²) in [5.74, 6) is -0.0161. The lowest BCUT2D eigenvalue weighted by molar-refractivity contribution is -0.124. The highest BCUT2D eigenvalue weighted by atomic mass is 16.3. The Morgan fingerprint density at radius 1 is 1.39 bits per heavy atom. The molecule has 0 bridgehead atoms. The fourth-order valence-electron chi connectivity index (χ4n) is 2.27. The number of benzene rings is 1. The number of piperidine rings is 1. The van der Waals surface area contributed by atoms with Gasteiger partial charge >= 0.3 is 0 Å². The minimum Gasteiger partial charge on any atom is -0.394 e. The van der Waals surface area contributed by atoms with Crippen LogP contribution in [0.4, 0.5) is 0 Å². The third-order valence-corrected chi connectivity index (χ3v) is 3.33. The molecule has 4 nitrogen and oxygen atoms in total. The van der Waals surface area contributed by atoms with Crippen LogP contribution in [0, 0.1) is 0 Å². The Morgan fingerprint density at radius 3 is 2.78 bits per heavy atom. The molecule has 0 aromatic heterocycles. The number of hydrogen-bond acceptors (Lipinski definition) is 3. The third kappa shape index (κ3) is 3.31. The molecule has 1 saturated heterocycles. The quantitative estimate of drug-likeness (QED) is 0.744. The Morgan fingerprint density at radius 2 is 2.17 bits per heavy atom. The molecule has 98 valence electrons. The maximum absolute atomic E-state index is 12.1. The number of rotatable bonds is 4. The number of carbonyl (C=O) groups excluding carboxylic acids is 1. The number of carbonyl (C=O) groups is 1. The van der Waals surface area contributed by atoms with Gasteiger partial charge in [-0.2, -0.15) is 0 Å². The van der Waals surface area contributed by atoms with Crippen LogP contribution in [0.5, 0.6) is 0 Å². The van der Waals surface area contributed by atoms with E-state index in [0.717, 1.165) is 31.4 Å². The fraction of sp³-hybridized carbons (Fsp3) is 0.500. The van der Waals surface area contributed by atoms with E-state index in [4.69, 9.17) is 0 Å². The normalized spacial score (nSPS) is 21.3. The van der Waals surface area contributed by atoms with Crippen molar-refractivity contribution in [3.8, 4) is 0 Å². The number of aliphatic hydroxyl groups excluding tert-OH is 1. The smallest absolute Gasteiger partial charge is 0.237 e. The average molecular weight is 248 g/mol. The molecule has 1 amide bonds. The summed E-state index contributed by atoms with van der Waals surface area (Å²) in [4.78, 5) is 12.1. The van der Waals surface area contributed by atoms with Gasteiger partial charge in [-0.25, -0.2) is 0 Å². The topological polar surface area (TPSA) is 61.4 Å². The Labute approximate surface area is 107 Å². The molecular weight excluding hydrogens is 228 g/mol. The molecule has 3 N–H and O–H groups in total. The lowest BCUT2D eigenvalue weighted by Crippen LogP contribution is -2.48. The summed E-state index contributed by atoms with van der Waals surface area (Å²) in [7, 11) is 0. The fourth-order valence-corrected chi connectivity index (χ4v) is 2.27. The first-order chi connectivity index (χ1) is 8.81. The summed E-state index contributed by atoms with van der Waals surface area (Å²) >= 11 is 0. The molecule has 0 saturated carbocycles. The molecule has 1 heterocycles. The van der Waals surface area contributed by atoms with Gasteiger partial charge in [-0.15, -0.1) is 0 Å². The highest BCUT2D eigenvalue weighted by Crippen LogP contribution is 2.13. The molecular formula is C14H20N2O2. The zero-order valence-corrected chi connectivity index (χ0v) is 10.4. The molecule has 2 rings (SSSR count). The Hall–Kier alpha value is -1.39. The van der Waals surface area contributed by atoms with Crippen molar-refractivity contribution in [3.63, 3.8) is 0 Å². The van der Waals surface area contributed by atoms with Gasteiger partial charge in [0, 0.05) is 0 Å². The molecule has 1 aromatic rings. The summed E-state index contributed by atoms with van der Waals surface area (Å²) in [6.45, 7) is 0.815. The van der Waals surface area contributed by atoms with Crippen LogP contribution < -0.4 is 10.6 Å². The van der Waals surface area contributed by atoms with Crippen LogP contribution in [0.2, 0.25) is 0 Å². The van der Waals surface area contributed by atoms with Crippen molar-refractivity contribution < 1.29 is 9.90 Å². The predicted molar refractivity (Wildman–Crippen MR) is 70.1 cm³/mol. The zero-order chi connectivity index (χ0) is 12.8. The molecule has 1 aliphatic heterocycles. The zero-order valence-electron chi connectivity index (χ0n) is 10.4. The summed E-state index contributed by atoms with van der Waals surface area (Å²) < 4.78 is 0. The molecule has 1 fully saturated rings. The van der Waals surface area contributed by atoms with Gasteiger partial charge in [0.15, 0.2) is 0 Å². The maximum Gasteiger partial charge on any atom is 0.237 e. The number of aliphatic hydroxyl groups is 1. The van der Waals surface area contributed by atoms with Crippen LogP contribution in [0.1, 0.15) is 30.9 Å². The van der Waals surface area contributed by atoms with Gasteiger partial charge in [-0.3, -0.25) is 4.79 Å². The van der Waals surface area contributed by atoms with Crippen molar-refractivity contribution >= 4 is 5.91 Å². The molecule has 2 atom stereocenters. The lowest BCUT2D eigenvalue weighted by atomic mass is 10.0. The first kappa shape index (κ1) is 13.1. The molecule has 0 aliphatic carbocycles. The van der Waals surface area contributed by atoms with Crippen LogP contribution in [0.25, 0.3) is 0 Å². The van der Waals surface area contributed by atoms with E-state index in [2.05, 4.69) is 10.6 Å². The second-order valence-corrected chi connectivity index (χ2v) is 4.66. The number of amides is 1. The molecule has 1 aliphatic rings. The highest BCUT2D eigenvalue weighted by Gasteiger charge is 2.23. The molecule has 1 unspecified atom stereocenters. The Balaban J connectivity index is 1.95. The van der Waals surface area contributed by atoms with Gasteiger partial charge in [0.05, 0.1) is 18.7 Å². The SMILES string of the molecule is O=C(N[C@@H](CO)c1ccccc1)C1CCCCN1. The Bertz CT molecular complexity index is 375. The second-order valence-electron chi connectivity index (χ2n) is 4.66. The molecule has 4 heteroatoms. The van der Waals surface area contributed by atoms with Gasteiger partial charge in [0.2, 0.25) is 5.91 Å². The van der Waals surface area contributed by atoms with Crippen molar-refractivity contribution in [3.05, 3.63) is 35.9 Å². The van der Waals surface area contributed by atoms with E-state index in [0.29, 0.717) is 0 Å². The van der Waals surface area contributed by atoms with E-state index in [1.165, 1.54) is 0 Å². The second kappa shape index (κ2) is 6.52. The van der Waals surface area contributed by atoms with Crippen molar-refractivity contribution in [1.29, 1.82) is 0 Å². The van der Waals surface area contributed by atoms with Crippen LogP contribution in [-0.4, -0.2) is 30.2 Å². The minimum atomic E-state index is -0.317. The van der Waals surface area contributed by atoms with Gasteiger partial charge in [-0.05, 0) is 24.9 Å². The minimum absolute atomic E-state index is 0.0161. The van der Waals surface area contributed by atoms with Crippen molar-refractivity contribution in [1.82, 2.24) is 10.6 Å². The average Bonchev–Trinajstić information content (AvgIpc) is 2.46. The van der Waals surface area contributed by atoms with Crippen LogP contribution in [0.3, 0.4) is 0 Å². The van der Waals surface area contributed by atoms with E-state index in [9.17, 15) is 9.90 Å². The van der Waals surface area contributed by atoms with Gasteiger partial charge in [-0.1, -0.05) is 36.8 Å². The monoisotopic (exact) mass is 248 g/mol. The van der Waals surface area contributed by atoms with Crippen LogP contribution in [0.15, 0.2) is 30.3 Å². The van der Waals surface area contributed by atoms with Gasteiger partial charge in [0.1, 0.15) is 0 Å². The van der Waals surface area contributed by atoms with Crippen LogP contribution in [-0.2, 0) is 4.79 Å². The summed E-state index contributed by atoms with van der Waals surface area (Å²) in [6, 6.07) is 9.12. The van der Waals surface area contributed by atoms with Crippen molar-refractivity contribution in [2.75, 3.05) is 13.2 Å². The van der Waals surface area contributed by atoms with Gasteiger partial charge < -0.3 is 15.7 Å². The van der Waals surface area contributed by atoms with E-state index < -0.39 is 0 Å². The summed E-state index contributed by atoms with van der Waals surface area (Å²) in [5.41, 5.74) is 0.934. The van der Waals surface area contributed by atoms with Gasteiger partial charge in [0.25, 0.3) is 0 Å². The van der Waals surface area contributed by atoms with E-state index >= 15 is 0 Å². The number of nitrogens with one attached hydrogen (secondary N) is 2. The first-order valence-electron chi connectivity index (χ1n) is 6.51. The van der Waals surface area contributed by atoms with E-state index in [1.807, 2.05) is 30.3 Å². The maximum atomic E-state index is 12.1. The van der Waals surface area contributed by atoms with E-state index in [1.54, 1.807) is 0 Å². The summed E-state index contributed by atoms with van der Waals surface area (Å²) in [6.07, 6.45) is 3.09. The largest absolute Gasteiger partial charge is 0.394 e. The molecule has 1 aromatic carbocycles. The van der Waals surface area contributed by atoms with E-state index in [-0.39, 0.29) is 24.6 Å². The molecule has 0 radical (unpaired) electrons. The molecule has 18 heavy (non-hydrogen) atoms. The third-order valence-electron chi connectivity index (χ3n) is 3.33.